The number of nitrogens with one attached hydrogen (secondary N) is 1. The predicted octanol–water partition coefficient (Wildman–Crippen LogP) is 3.81. The summed E-state index contributed by atoms with van der Waals surface area (Å²) in [5.74, 6) is 1.13. The van der Waals surface area contributed by atoms with Gasteiger partial charge in [-0.2, -0.15) is 0 Å². The molecule has 0 spiro atoms. The number of phenols is 1. The molecule has 0 aliphatic carbocycles. The third-order valence-corrected chi connectivity index (χ3v) is 2.93. The van der Waals surface area contributed by atoms with Gasteiger partial charge >= 0.3 is 0 Å². The van der Waals surface area contributed by atoms with Crippen molar-refractivity contribution in [1.82, 2.24) is 4.98 Å². The smallest absolute Gasteiger partial charge is 0.121 e. The van der Waals surface area contributed by atoms with Crippen LogP contribution in [0.25, 0.3) is 21.8 Å². The van der Waals surface area contributed by atoms with E-state index in [0.29, 0.717) is 0 Å². The highest BCUT2D eigenvalue weighted by molar-refractivity contribution is 6.07. The van der Waals surface area contributed by atoms with E-state index in [2.05, 4.69) is 4.98 Å². The minimum absolute atomic E-state index is 0.163. The van der Waals surface area contributed by atoms with Gasteiger partial charge in [0.2, 0.25) is 0 Å². The van der Waals surface area contributed by atoms with E-state index in [1.165, 1.54) is 0 Å². The number of benzene rings is 2. The van der Waals surface area contributed by atoms with Crippen molar-refractivity contribution in [2.75, 3.05) is 0 Å². The zero-order valence-corrected chi connectivity index (χ0v) is 10.4. The summed E-state index contributed by atoms with van der Waals surface area (Å²) in [6, 6.07) is 11.4. The number of aromatic amines is 1. The van der Waals surface area contributed by atoms with Crippen LogP contribution in [-0.4, -0.2) is 16.2 Å². The number of rotatable bonds is 2. The lowest BCUT2D eigenvalue weighted by Gasteiger charge is -2.09. The average Bonchev–Trinajstić information content (AvgIpc) is 2.64. The molecule has 0 saturated carbocycles. The Hall–Kier alpha value is -2.16. The number of aromatic hydroxyl groups is 1. The van der Waals surface area contributed by atoms with Crippen LogP contribution in [0.5, 0.6) is 11.5 Å². The summed E-state index contributed by atoms with van der Waals surface area (Å²) >= 11 is 0. The molecule has 0 aliphatic heterocycles. The van der Waals surface area contributed by atoms with Crippen molar-refractivity contribution in [3.05, 3.63) is 36.4 Å². The standard InChI is InChI=1S/C15H15NO2/c1-9(2)18-11-4-6-13-12-5-3-10(17)7-14(12)16-15(13)8-11/h3-9,16-17H,1-2H3. The van der Waals surface area contributed by atoms with Gasteiger partial charge in [0, 0.05) is 22.9 Å². The lowest BCUT2D eigenvalue weighted by molar-refractivity contribution is 0.243. The highest BCUT2D eigenvalue weighted by atomic mass is 16.5. The van der Waals surface area contributed by atoms with Gasteiger partial charge in [0.05, 0.1) is 17.1 Å². The molecule has 0 aliphatic rings. The zero-order chi connectivity index (χ0) is 12.7. The Morgan fingerprint density at radius 3 is 2.39 bits per heavy atom. The second-order valence-electron chi connectivity index (χ2n) is 4.73. The van der Waals surface area contributed by atoms with Crippen molar-refractivity contribution in [1.29, 1.82) is 0 Å². The molecule has 0 amide bonds. The van der Waals surface area contributed by atoms with Crippen LogP contribution in [-0.2, 0) is 0 Å². The van der Waals surface area contributed by atoms with Crippen molar-refractivity contribution < 1.29 is 9.84 Å². The Kier molecular flexibility index (Phi) is 2.40. The molecule has 1 heterocycles. The number of fused-ring (bicyclic) bond motifs is 3. The second-order valence-corrected chi connectivity index (χ2v) is 4.73. The fourth-order valence-corrected chi connectivity index (χ4v) is 2.22. The molecule has 92 valence electrons. The summed E-state index contributed by atoms with van der Waals surface area (Å²) in [6.45, 7) is 4.01. The summed E-state index contributed by atoms with van der Waals surface area (Å²) in [7, 11) is 0. The van der Waals surface area contributed by atoms with E-state index in [1.54, 1.807) is 12.1 Å². The van der Waals surface area contributed by atoms with Crippen LogP contribution in [0, 0.1) is 0 Å². The number of H-pyrrole nitrogens is 1. The molecular weight excluding hydrogens is 226 g/mol. The van der Waals surface area contributed by atoms with Crippen LogP contribution in [0.3, 0.4) is 0 Å². The van der Waals surface area contributed by atoms with Gasteiger partial charge < -0.3 is 14.8 Å². The van der Waals surface area contributed by atoms with Gasteiger partial charge in [-0.15, -0.1) is 0 Å². The quantitative estimate of drug-likeness (QED) is 0.716. The number of aromatic nitrogens is 1. The van der Waals surface area contributed by atoms with Crippen LogP contribution in [0.15, 0.2) is 36.4 Å². The summed E-state index contributed by atoms with van der Waals surface area (Å²) in [6.07, 6.45) is 0.163. The maximum absolute atomic E-state index is 9.48. The molecule has 18 heavy (non-hydrogen) atoms. The van der Waals surface area contributed by atoms with Crippen LogP contribution in [0.1, 0.15) is 13.8 Å². The molecule has 0 radical (unpaired) electrons. The van der Waals surface area contributed by atoms with E-state index in [1.807, 2.05) is 38.1 Å². The first-order chi connectivity index (χ1) is 8.63. The summed E-state index contributed by atoms with van der Waals surface area (Å²) in [5, 5.41) is 11.7. The first-order valence-electron chi connectivity index (χ1n) is 6.04. The Morgan fingerprint density at radius 1 is 1.00 bits per heavy atom. The third-order valence-electron chi connectivity index (χ3n) is 2.93. The SMILES string of the molecule is CC(C)Oc1ccc2c(c1)[nH]c1cc(O)ccc12. The Labute approximate surface area is 105 Å². The molecule has 3 nitrogen and oxygen atoms in total. The minimum atomic E-state index is 0.163. The monoisotopic (exact) mass is 241 g/mol. The molecular formula is C15H15NO2. The molecule has 0 saturated heterocycles. The van der Waals surface area contributed by atoms with Crippen molar-refractivity contribution in [3.8, 4) is 11.5 Å². The molecule has 0 fully saturated rings. The predicted molar refractivity (Wildman–Crippen MR) is 73.2 cm³/mol. The number of phenolic OH excluding ortho intramolecular Hbond substituents is 1. The molecule has 3 heteroatoms. The molecule has 1 aromatic heterocycles. The molecule has 2 N–H and O–H groups in total. The van der Waals surface area contributed by atoms with Crippen LogP contribution in [0.4, 0.5) is 0 Å². The summed E-state index contributed by atoms with van der Waals surface area (Å²) < 4.78 is 5.67. The molecule has 0 unspecified atom stereocenters. The van der Waals surface area contributed by atoms with E-state index in [4.69, 9.17) is 4.74 Å². The lowest BCUT2D eigenvalue weighted by atomic mass is 10.1. The van der Waals surface area contributed by atoms with Crippen LogP contribution >= 0.6 is 0 Å². The van der Waals surface area contributed by atoms with Gasteiger partial charge in [-0.25, -0.2) is 0 Å². The molecule has 2 aromatic carbocycles. The summed E-state index contributed by atoms with van der Waals surface area (Å²) in [4.78, 5) is 3.29. The number of ether oxygens (including phenoxy) is 1. The fourth-order valence-electron chi connectivity index (χ4n) is 2.22. The van der Waals surface area contributed by atoms with E-state index in [-0.39, 0.29) is 11.9 Å². The normalized spacial score (nSPS) is 11.5. The maximum Gasteiger partial charge on any atom is 0.121 e. The van der Waals surface area contributed by atoms with Crippen molar-refractivity contribution in [3.63, 3.8) is 0 Å². The topological polar surface area (TPSA) is 45.2 Å². The highest BCUT2D eigenvalue weighted by Crippen LogP contribution is 2.30. The molecule has 3 aromatic rings. The number of hydrogen-bond donors (Lipinski definition) is 2. The van der Waals surface area contributed by atoms with Gasteiger partial charge in [0.1, 0.15) is 11.5 Å². The fraction of sp³-hybridized carbons (Fsp3) is 0.200. The van der Waals surface area contributed by atoms with Gasteiger partial charge in [0.15, 0.2) is 0 Å². The lowest BCUT2D eigenvalue weighted by Crippen LogP contribution is -2.05. The minimum Gasteiger partial charge on any atom is -0.508 e. The van der Waals surface area contributed by atoms with Gasteiger partial charge in [-0.05, 0) is 38.1 Å². The van der Waals surface area contributed by atoms with Gasteiger partial charge in [-0.1, -0.05) is 0 Å². The average molecular weight is 241 g/mol. The van der Waals surface area contributed by atoms with Crippen molar-refractivity contribution >= 4 is 21.8 Å². The van der Waals surface area contributed by atoms with E-state index < -0.39 is 0 Å². The van der Waals surface area contributed by atoms with Crippen molar-refractivity contribution in [2.45, 2.75) is 20.0 Å². The Bertz CT molecular complexity index is 713. The molecule has 0 atom stereocenters. The van der Waals surface area contributed by atoms with E-state index in [9.17, 15) is 5.11 Å². The van der Waals surface area contributed by atoms with Crippen LogP contribution in [0.2, 0.25) is 0 Å². The van der Waals surface area contributed by atoms with Gasteiger partial charge in [0.25, 0.3) is 0 Å². The number of hydrogen-bond acceptors (Lipinski definition) is 2. The van der Waals surface area contributed by atoms with Gasteiger partial charge in [-0.3, -0.25) is 0 Å². The largest absolute Gasteiger partial charge is 0.508 e. The zero-order valence-electron chi connectivity index (χ0n) is 10.4. The Morgan fingerprint density at radius 2 is 1.67 bits per heavy atom. The van der Waals surface area contributed by atoms with E-state index in [0.717, 1.165) is 27.6 Å². The second kappa shape index (κ2) is 3.95. The summed E-state index contributed by atoms with van der Waals surface area (Å²) in [5.41, 5.74) is 1.96. The molecule has 0 bridgehead atoms. The first kappa shape index (κ1) is 11.0. The van der Waals surface area contributed by atoms with Crippen LogP contribution < -0.4 is 4.74 Å². The third kappa shape index (κ3) is 1.78. The highest BCUT2D eigenvalue weighted by Gasteiger charge is 2.06. The van der Waals surface area contributed by atoms with Crippen molar-refractivity contribution in [2.24, 2.45) is 0 Å². The molecule has 3 rings (SSSR count). The Balaban J connectivity index is 2.20. The maximum atomic E-state index is 9.48. The van der Waals surface area contributed by atoms with E-state index >= 15 is 0 Å². The first-order valence-corrected chi connectivity index (χ1v) is 6.04.